The van der Waals surface area contributed by atoms with Gasteiger partial charge in [0.05, 0.1) is 10.8 Å². The third-order valence-corrected chi connectivity index (χ3v) is 3.23. The van der Waals surface area contributed by atoms with E-state index in [1.54, 1.807) is 0 Å². The van der Waals surface area contributed by atoms with Crippen LogP contribution >= 0.6 is 0 Å². The number of benzene rings is 2. The van der Waals surface area contributed by atoms with Crippen LogP contribution in [-0.2, 0) is 0 Å². The van der Waals surface area contributed by atoms with Crippen LogP contribution in [0.2, 0.25) is 0 Å². The van der Waals surface area contributed by atoms with Crippen molar-refractivity contribution in [2.24, 2.45) is 0 Å². The highest BCUT2D eigenvalue weighted by atomic mass is 16.3. The molecule has 3 aromatic rings. The van der Waals surface area contributed by atoms with Crippen molar-refractivity contribution in [1.29, 1.82) is 0 Å². The Morgan fingerprint density at radius 3 is 2.30 bits per heavy atom. The molecule has 0 saturated carbocycles. The Kier molecular flexibility index (Phi) is 2.31. The number of aromatic hydroxyl groups is 3. The summed E-state index contributed by atoms with van der Waals surface area (Å²) in [5, 5.41) is 40.3. The van der Waals surface area contributed by atoms with Crippen LogP contribution in [-0.4, -0.2) is 15.3 Å². The van der Waals surface area contributed by atoms with Gasteiger partial charge in [0.15, 0.2) is 16.9 Å². The summed E-state index contributed by atoms with van der Waals surface area (Å²) >= 11 is 0. The Morgan fingerprint density at radius 2 is 1.60 bits per heavy atom. The zero-order valence-electron chi connectivity index (χ0n) is 10.3. The minimum Gasteiger partial charge on any atom is -0.872 e. The molecule has 102 valence electrons. The summed E-state index contributed by atoms with van der Waals surface area (Å²) in [5.41, 5.74) is -0.627. The SMILES string of the molecule is Cc1c(O)cc2oc3cc(O)c(O)cc3c(=O)c2c1[O-]. The fraction of sp³-hybridized carbons (Fsp3) is 0.0714. The van der Waals surface area contributed by atoms with Gasteiger partial charge in [0.25, 0.3) is 0 Å². The largest absolute Gasteiger partial charge is 0.872 e. The Hall–Kier alpha value is -2.89. The summed E-state index contributed by atoms with van der Waals surface area (Å²) in [5.74, 6) is -1.82. The standard InChI is InChI=1S/C14H10O6/c1-5-7(15)3-11-12(13(5)18)14(19)6-2-8(16)9(17)4-10(6)20-11/h2-4,15-18H,1H3/p-1. The highest BCUT2D eigenvalue weighted by Gasteiger charge is 2.14. The number of hydrogen-bond acceptors (Lipinski definition) is 6. The highest BCUT2D eigenvalue weighted by Crippen LogP contribution is 2.35. The number of phenolic OH excluding ortho intramolecular Hbond substituents is 3. The molecule has 0 aliphatic heterocycles. The van der Waals surface area contributed by atoms with Crippen molar-refractivity contribution in [1.82, 2.24) is 0 Å². The molecular weight excluding hydrogens is 264 g/mol. The van der Waals surface area contributed by atoms with Gasteiger partial charge in [0, 0.05) is 12.1 Å². The van der Waals surface area contributed by atoms with Crippen molar-refractivity contribution >= 4 is 21.9 Å². The molecule has 6 nitrogen and oxygen atoms in total. The van der Waals surface area contributed by atoms with Crippen LogP contribution in [0.1, 0.15) is 5.56 Å². The second-order valence-electron chi connectivity index (χ2n) is 4.49. The molecule has 0 radical (unpaired) electrons. The van der Waals surface area contributed by atoms with Crippen molar-refractivity contribution < 1.29 is 24.8 Å². The first-order chi connectivity index (χ1) is 9.40. The summed E-state index contributed by atoms with van der Waals surface area (Å²) in [7, 11) is 0. The molecule has 0 aliphatic rings. The zero-order chi connectivity index (χ0) is 14.6. The molecule has 0 bridgehead atoms. The monoisotopic (exact) mass is 273 g/mol. The van der Waals surface area contributed by atoms with Crippen LogP contribution in [0.4, 0.5) is 0 Å². The fourth-order valence-electron chi connectivity index (χ4n) is 2.09. The molecule has 20 heavy (non-hydrogen) atoms. The van der Waals surface area contributed by atoms with Gasteiger partial charge in [0.1, 0.15) is 16.9 Å². The van der Waals surface area contributed by atoms with Crippen molar-refractivity contribution in [3.8, 4) is 23.0 Å². The highest BCUT2D eigenvalue weighted by molar-refractivity contribution is 5.95. The van der Waals surface area contributed by atoms with E-state index in [0.717, 1.165) is 12.1 Å². The summed E-state index contributed by atoms with van der Waals surface area (Å²) in [6.07, 6.45) is 0. The molecule has 0 saturated heterocycles. The maximum Gasteiger partial charge on any atom is 0.200 e. The molecule has 0 atom stereocenters. The van der Waals surface area contributed by atoms with E-state index >= 15 is 0 Å². The van der Waals surface area contributed by atoms with Crippen LogP contribution in [0.25, 0.3) is 21.9 Å². The molecule has 0 unspecified atom stereocenters. The van der Waals surface area contributed by atoms with E-state index in [9.17, 15) is 25.2 Å². The molecule has 0 fully saturated rings. The van der Waals surface area contributed by atoms with Crippen molar-refractivity contribution in [2.45, 2.75) is 6.92 Å². The van der Waals surface area contributed by atoms with E-state index in [4.69, 9.17) is 4.42 Å². The zero-order valence-corrected chi connectivity index (χ0v) is 10.3. The third-order valence-electron chi connectivity index (χ3n) is 3.23. The number of hydrogen-bond donors (Lipinski definition) is 3. The van der Waals surface area contributed by atoms with Gasteiger partial charge < -0.3 is 24.8 Å². The second-order valence-corrected chi connectivity index (χ2v) is 4.49. The third kappa shape index (κ3) is 1.48. The van der Waals surface area contributed by atoms with Gasteiger partial charge >= 0.3 is 0 Å². The van der Waals surface area contributed by atoms with Gasteiger partial charge in [-0.2, -0.15) is 0 Å². The molecule has 3 rings (SSSR count). The van der Waals surface area contributed by atoms with Gasteiger partial charge in [-0.15, -0.1) is 0 Å². The van der Waals surface area contributed by atoms with Crippen molar-refractivity contribution in [3.63, 3.8) is 0 Å². The van der Waals surface area contributed by atoms with Crippen molar-refractivity contribution in [3.05, 3.63) is 34.0 Å². The van der Waals surface area contributed by atoms with E-state index in [0.29, 0.717) is 0 Å². The lowest BCUT2D eigenvalue weighted by Crippen LogP contribution is -2.07. The van der Waals surface area contributed by atoms with E-state index in [1.807, 2.05) is 0 Å². The Bertz CT molecular complexity index is 923. The van der Waals surface area contributed by atoms with Crippen LogP contribution in [0.15, 0.2) is 27.4 Å². The van der Waals surface area contributed by atoms with Gasteiger partial charge in [-0.25, -0.2) is 0 Å². The Balaban J connectivity index is 2.61. The predicted octanol–water partition coefficient (Wildman–Crippen LogP) is 1.45. The average Bonchev–Trinajstić information content (AvgIpc) is 2.39. The summed E-state index contributed by atoms with van der Waals surface area (Å²) < 4.78 is 5.35. The maximum atomic E-state index is 12.3. The van der Waals surface area contributed by atoms with Gasteiger partial charge in [0.2, 0.25) is 0 Å². The second kappa shape index (κ2) is 3.80. The van der Waals surface area contributed by atoms with Crippen LogP contribution < -0.4 is 10.5 Å². The van der Waals surface area contributed by atoms with E-state index < -0.39 is 22.7 Å². The molecule has 2 aromatic carbocycles. The average molecular weight is 273 g/mol. The molecule has 1 heterocycles. The molecule has 0 aliphatic carbocycles. The normalized spacial score (nSPS) is 11.2. The predicted molar refractivity (Wildman–Crippen MR) is 69.2 cm³/mol. The van der Waals surface area contributed by atoms with E-state index in [2.05, 4.69) is 0 Å². The molecule has 6 heteroatoms. The lowest BCUT2D eigenvalue weighted by molar-refractivity contribution is -0.266. The quantitative estimate of drug-likeness (QED) is 0.422. The Labute approximate surface area is 111 Å². The maximum absolute atomic E-state index is 12.3. The number of fused-ring (bicyclic) bond motifs is 2. The topological polar surface area (TPSA) is 114 Å². The van der Waals surface area contributed by atoms with E-state index in [-0.39, 0.29) is 33.3 Å². The van der Waals surface area contributed by atoms with E-state index in [1.165, 1.54) is 13.0 Å². The van der Waals surface area contributed by atoms with Gasteiger partial charge in [-0.3, -0.25) is 4.79 Å². The molecule has 3 N–H and O–H groups in total. The van der Waals surface area contributed by atoms with Crippen LogP contribution in [0.5, 0.6) is 23.0 Å². The van der Waals surface area contributed by atoms with Gasteiger partial charge in [-0.1, -0.05) is 5.75 Å². The summed E-state index contributed by atoms with van der Waals surface area (Å²) in [6.45, 7) is 1.40. The fourth-order valence-corrected chi connectivity index (χ4v) is 2.09. The smallest absolute Gasteiger partial charge is 0.200 e. The first-order valence-corrected chi connectivity index (χ1v) is 5.72. The molecule has 0 amide bonds. The molecule has 1 aromatic heterocycles. The van der Waals surface area contributed by atoms with Crippen LogP contribution in [0.3, 0.4) is 0 Å². The minimum absolute atomic E-state index is 0.0143. The lowest BCUT2D eigenvalue weighted by Gasteiger charge is -2.15. The number of phenols is 3. The first-order valence-electron chi connectivity index (χ1n) is 5.72. The van der Waals surface area contributed by atoms with Crippen LogP contribution in [0, 0.1) is 6.92 Å². The first kappa shape index (κ1) is 12.2. The van der Waals surface area contributed by atoms with Crippen molar-refractivity contribution in [2.75, 3.05) is 0 Å². The summed E-state index contributed by atoms with van der Waals surface area (Å²) in [4.78, 5) is 12.3. The van der Waals surface area contributed by atoms with Gasteiger partial charge in [-0.05, 0) is 18.6 Å². The minimum atomic E-state index is -0.622. The molecule has 0 spiro atoms. The summed E-state index contributed by atoms with van der Waals surface area (Å²) in [6, 6.07) is 3.29. The molecular formula is C14H9O6-. The Morgan fingerprint density at radius 1 is 1.00 bits per heavy atom. The number of rotatable bonds is 0. The lowest BCUT2D eigenvalue weighted by atomic mass is 10.1.